The molecule has 0 aliphatic carbocycles. The molecule has 1 aromatic carbocycles. The molecule has 2 nitrogen and oxygen atoms in total. The van der Waals surface area contributed by atoms with Crippen LogP contribution in [0, 0.1) is 0 Å². The van der Waals surface area contributed by atoms with Gasteiger partial charge in [-0.05, 0) is 36.5 Å². The summed E-state index contributed by atoms with van der Waals surface area (Å²) in [5.74, 6) is 0. The molecule has 0 aliphatic heterocycles. The van der Waals surface area contributed by atoms with Gasteiger partial charge in [0.05, 0.1) is 0 Å². The largest absolute Gasteiger partial charge is 0.423 e. The second-order valence-corrected chi connectivity index (χ2v) is 4.24. The quantitative estimate of drug-likeness (QED) is 0.756. The van der Waals surface area contributed by atoms with Crippen LogP contribution in [0.1, 0.15) is 37.5 Å². The van der Waals surface area contributed by atoms with Gasteiger partial charge < -0.3 is 4.42 Å². The van der Waals surface area contributed by atoms with Crippen LogP contribution in [0.15, 0.2) is 27.4 Å². The fraction of sp³-hybridized carbons (Fsp3) is 0.400. The van der Waals surface area contributed by atoms with Gasteiger partial charge in [-0.25, -0.2) is 4.79 Å². The van der Waals surface area contributed by atoms with E-state index in [2.05, 4.69) is 26.0 Å². The van der Waals surface area contributed by atoms with E-state index in [0.717, 1.165) is 41.4 Å². The summed E-state index contributed by atoms with van der Waals surface area (Å²) in [7, 11) is 0. The first-order valence-corrected chi connectivity index (χ1v) is 6.28. The molecule has 0 radical (unpaired) electrons. The molecule has 17 heavy (non-hydrogen) atoms. The Hall–Kier alpha value is -1.57. The lowest BCUT2D eigenvalue weighted by molar-refractivity contribution is 0.548. The SMILES string of the molecule is CCc1ccc2c(CC)c(CC)c(=O)oc2c1. The Labute approximate surface area is 101 Å². The molecule has 0 saturated carbocycles. The number of aryl methyl sites for hydroxylation is 2. The third-order valence-corrected chi connectivity index (χ3v) is 3.30. The molecule has 1 aromatic heterocycles. The Kier molecular flexibility index (Phi) is 3.32. The van der Waals surface area contributed by atoms with Gasteiger partial charge in [0.25, 0.3) is 0 Å². The maximum atomic E-state index is 11.9. The maximum absolute atomic E-state index is 11.9. The van der Waals surface area contributed by atoms with Gasteiger partial charge in [0.15, 0.2) is 0 Å². The molecule has 0 aliphatic rings. The van der Waals surface area contributed by atoms with Crippen LogP contribution in [-0.4, -0.2) is 0 Å². The molecule has 0 amide bonds. The Balaban J connectivity index is 2.82. The van der Waals surface area contributed by atoms with Crippen LogP contribution in [0.5, 0.6) is 0 Å². The van der Waals surface area contributed by atoms with Crippen LogP contribution >= 0.6 is 0 Å². The van der Waals surface area contributed by atoms with E-state index in [1.165, 1.54) is 5.56 Å². The molecular weight excluding hydrogens is 212 g/mol. The van der Waals surface area contributed by atoms with E-state index in [9.17, 15) is 4.79 Å². The van der Waals surface area contributed by atoms with Gasteiger partial charge in [0.2, 0.25) is 0 Å². The van der Waals surface area contributed by atoms with Crippen molar-refractivity contribution in [3.63, 3.8) is 0 Å². The average molecular weight is 230 g/mol. The summed E-state index contributed by atoms with van der Waals surface area (Å²) in [6.07, 6.45) is 2.56. The van der Waals surface area contributed by atoms with Crippen LogP contribution in [0.2, 0.25) is 0 Å². The van der Waals surface area contributed by atoms with Crippen LogP contribution < -0.4 is 5.63 Å². The molecule has 2 rings (SSSR count). The Bertz CT molecular complexity index is 594. The predicted octanol–water partition coefficient (Wildman–Crippen LogP) is 3.48. The van der Waals surface area contributed by atoms with Gasteiger partial charge in [0, 0.05) is 10.9 Å². The van der Waals surface area contributed by atoms with Gasteiger partial charge in [-0.2, -0.15) is 0 Å². The normalized spacial score (nSPS) is 11.0. The van der Waals surface area contributed by atoms with Crippen LogP contribution in [-0.2, 0) is 19.3 Å². The van der Waals surface area contributed by atoms with E-state index in [0.29, 0.717) is 0 Å². The summed E-state index contributed by atoms with van der Waals surface area (Å²) >= 11 is 0. The van der Waals surface area contributed by atoms with Crippen molar-refractivity contribution >= 4 is 11.0 Å². The van der Waals surface area contributed by atoms with Gasteiger partial charge in [-0.15, -0.1) is 0 Å². The smallest absolute Gasteiger partial charge is 0.339 e. The molecule has 0 saturated heterocycles. The monoisotopic (exact) mass is 230 g/mol. The van der Waals surface area contributed by atoms with Crippen molar-refractivity contribution in [2.45, 2.75) is 40.0 Å². The summed E-state index contributed by atoms with van der Waals surface area (Å²) in [6, 6.07) is 6.17. The third kappa shape index (κ3) is 1.99. The zero-order valence-electron chi connectivity index (χ0n) is 10.7. The van der Waals surface area contributed by atoms with E-state index in [-0.39, 0.29) is 5.63 Å². The van der Waals surface area contributed by atoms with E-state index in [1.54, 1.807) is 0 Å². The highest BCUT2D eigenvalue weighted by Gasteiger charge is 2.11. The number of hydrogen-bond acceptors (Lipinski definition) is 2. The number of rotatable bonds is 3. The second kappa shape index (κ2) is 4.74. The van der Waals surface area contributed by atoms with Crippen molar-refractivity contribution < 1.29 is 4.42 Å². The molecule has 0 fully saturated rings. The summed E-state index contributed by atoms with van der Waals surface area (Å²) in [5.41, 5.74) is 3.71. The minimum atomic E-state index is -0.176. The number of fused-ring (bicyclic) bond motifs is 1. The van der Waals surface area contributed by atoms with Crippen LogP contribution in [0.25, 0.3) is 11.0 Å². The minimum Gasteiger partial charge on any atom is -0.423 e. The molecular formula is C15H18O2. The third-order valence-electron chi connectivity index (χ3n) is 3.30. The van der Waals surface area contributed by atoms with Crippen molar-refractivity contribution in [3.8, 4) is 0 Å². The fourth-order valence-electron chi connectivity index (χ4n) is 2.33. The van der Waals surface area contributed by atoms with Crippen molar-refractivity contribution in [2.75, 3.05) is 0 Å². The highest BCUT2D eigenvalue weighted by molar-refractivity contribution is 5.82. The molecule has 2 aromatic rings. The molecule has 0 spiro atoms. The molecule has 0 bridgehead atoms. The lowest BCUT2D eigenvalue weighted by Crippen LogP contribution is -2.10. The lowest BCUT2D eigenvalue weighted by Gasteiger charge is -2.09. The van der Waals surface area contributed by atoms with Gasteiger partial charge >= 0.3 is 5.63 Å². The molecule has 0 unspecified atom stereocenters. The summed E-state index contributed by atoms with van der Waals surface area (Å²) in [4.78, 5) is 11.9. The zero-order valence-corrected chi connectivity index (χ0v) is 10.7. The van der Waals surface area contributed by atoms with Crippen molar-refractivity contribution in [1.29, 1.82) is 0 Å². The molecule has 0 atom stereocenters. The summed E-state index contributed by atoms with van der Waals surface area (Å²) in [5, 5.41) is 1.08. The van der Waals surface area contributed by atoms with Gasteiger partial charge in [-0.3, -0.25) is 0 Å². The van der Waals surface area contributed by atoms with E-state index in [1.807, 2.05) is 13.0 Å². The molecule has 2 heteroatoms. The summed E-state index contributed by atoms with van der Waals surface area (Å²) in [6.45, 7) is 6.18. The van der Waals surface area contributed by atoms with Gasteiger partial charge in [0.1, 0.15) is 5.58 Å². The Morgan fingerprint density at radius 2 is 1.71 bits per heavy atom. The maximum Gasteiger partial charge on any atom is 0.339 e. The first-order chi connectivity index (χ1) is 8.21. The second-order valence-electron chi connectivity index (χ2n) is 4.24. The molecule has 1 heterocycles. The molecule has 90 valence electrons. The molecule has 0 N–H and O–H groups in total. The zero-order chi connectivity index (χ0) is 12.4. The Morgan fingerprint density at radius 1 is 1.00 bits per heavy atom. The summed E-state index contributed by atoms with van der Waals surface area (Å²) < 4.78 is 5.41. The van der Waals surface area contributed by atoms with Gasteiger partial charge in [-0.1, -0.05) is 32.9 Å². The first kappa shape index (κ1) is 11.9. The minimum absolute atomic E-state index is 0.176. The number of hydrogen-bond donors (Lipinski definition) is 0. The Morgan fingerprint density at radius 3 is 2.29 bits per heavy atom. The van der Waals surface area contributed by atoms with Crippen LogP contribution in [0.4, 0.5) is 0 Å². The highest BCUT2D eigenvalue weighted by Crippen LogP contribution is 2.22. The average Bonchev–Trinajstić information content (AvgIpc) is 2.36. The highest BCUT2D eigenvalue weighted by atomic mass is 16.4. The fourth-order valence-corrected chi connectivity index (χ4v) is 2.33. The van der Waals surface area contributed by atoms with Crippen LogP contribution in [0.3, 0.4) is 0 Å². The standard InChI is InChI=1S/C15H18O2/c1-4-10-7-8-13-11(5-2)12(6-3)15(16)17-14(13)9-10/h7-9H,4-6H2,1-3H3. The van der Waals surface area contributed by atoms with Crippen molar-refractivity contribution in [3.05, 3.63) is 45.3 Å². The van der Waals surface area contributed by atoms with Crippen molar-refractivity contribution in [2.24, 2.45) is 0 Å². The predicted molar refractivity (Wildman–Crippen MR) is 70.6 cm³/mol. The van der Waals surface area contributed by atoms with E-state index >= 15 is 0 Å². The van der Waals surface area contributed by atoms with E-state index in [4.69, 9.17) is 4.42 Å². The first-order valence-electron chi connectivity index (χ1n) is 6.28. The van der Waals surface area contributed by atoms with Crippen molar-refractivity contribution in [1.82, 2.24) is 0 Å². The lowest BCUT2D eigenvalue weighted by atomic mass is 9.99. The van der Waals surface area contributed by atoms with E-state index < -0.39 is 0 Å². The topological polar surface area (TPSA) is 30.2 Å². The number of benzene rings is 1.